The molecule has 222 valence electrons. The molecule has 1 aromatic heterocycles. The van der Waals surface area contributed by atoms with E-state index in [4.69, 9.17) is 21.1 Å². The number of benzene rings is 2. The number of hydrogen-bond donors (Lipinski definition) is 1. The maximum atomic E-state index is 15.3. The number of nitrogens with one attached hydrogen (secondary N) is 1. The number of rotatable bonds is 5. The summed E-state index contributed by atoms with van der Waals surface area (Å²) in [7, 11) is 2.81. The molecule has 12 heteroatoms. The van der Waals surface area contributed by atoms with Crippen LogP contribution in [-0.4, -0.2) is 78.9 Å². The number of H-pyrrole nitrogens is 1. The zero-order valence-corrected chi connectivity index (χ0v) is 24.2. The second kappa shape index (κ2) is 12.8. The van der Waals surface area contributed by atoms with Gasteiger partial charge in [0.15, 0.2) is 0 Å². The van der Waals surface area contributed by atoms with E-state index in [9.17, 15) is 14.4 Å². The molecule has 3 heterocycles. The largest absolute Gasteiger partial charge is 0.497 e. The number of carbonyl (C=O) groups is 2. The molecule has 2 aliphatic rings. The predicted molar refractivity (Wildman–Crippen MR) is 155 cm³/mol. The summed E-state index contributed by atoms with van der Waals surface area (Å²) in [4.78, 5) is 43.9. The van der Waals surface area contributed by atoms with E-state index in [1.165, 1.54) is 26.4 Å². The zero-order valence-electron chi connectivity index (χ0n) is 23.5. The van der Waals surface area contributed by atoms with Gasteiger partial charge in [0.1, 0.15) is 17.4 Å². The fraction of sp³-hybridized carbons (Fsp3) is 0.400. The molecule has 0 saturated carbocycles. The summed E-state index contributed by atoms with van der Waals surface area (Å²) in [6, 6.07) is 14.8. The smallest absolute Gasteiger partial charge is 0.410 e. The Morgan fingerprint density at radius 3 is 2.48 bits per heavy atom. The van der Waals surface area contributed by atoms with E-state index in [1.807, 2.05) is 17.0 Å². The number of ether oxygens (including phenoxy) is 2. The first-order valence-corrected chi connectivity index (χ1v) is 14.2. The summed E-state index contributed by atoms with van der Waals surface area (Å²) in [5.74, 6) is -0.751. The minimum atomic E-state index is -0.584. The molecule has 0 bridgehead atoms. The topological polar surface area (TPSA) is 108 Å². The highest BCUT2D eigenvalue weighted by Gasteiger charge is 2.42. The van der Waals surface area contributed by atoms with Crippen LogP contribution in [0.3, 0.4) is 0 Å². The van der Waals surface area contributed by atoms with Crippen LogP contribution in [0.15, 0.2) is 59.4 Å². The Hall–Kier alpha value is -4.12. The first-order chi connectivity index (χ1) is 20.3. The van der Waals surface area contributed by atoms with Gasteiger partial charge >= 0.3 is 6.09 Å². The van der Waals surface area contributed by atoms with Crippen LogP contribution in [-0.2, 0) is 9.53 Å². The lowest BCUT2D eigenvalue weighted by Gasteiger charge is -2.37. The van der Waals surface area contributed by atoms with Crippen LogP contribution < -0.4 is 15.2 Å². The number of halogens is 2. The molecule has 3 unspecified atom stereocenters. The average molecular weight is 598 g/mol. The molecule has 0 spiro atoms. The van der Waals surface area contributed by atoms with Gasteiger partial charge in [0.05, 0.1) is 26.2 Å². The number of carbonyl (C=O) groups excluding carboxylic acids is 2. The molecule has 2 aliphatic heterocycles. The van der Waals surface area contributed by atoms with Crippen molar-refractivity contribution >= 4 is 29.4 Å². The van der Waals surface area contributed by atoms with E-state index >= 15 is 4.39 Å². The van der Waals surface area contributed by atoms with E-state index < -0.39 is 23.7 Å². The van der Waals surface area contributed by atoms with Gasteiger partial charge < -0.3 is 19.3 Å². The molecule has 0 aliphatic carbocycles. The van der Waals surface area contributed by atoms with E-state index in [1.54, 1.807) is 40.1 Å². The Kier molecular flexibility index (Phi) is 8.96. The molecule has 3 atom stereocenters. The van der Waals surface area contributed by atoms with Gasteiger partial charge in [0.25, 0.3) is 5.56 Å². The number of aromatic nitrogens is 2. The second-order valence-electron chi connectivity index (χ2n) is 10.5. The summed E-state index contributed by atoms with van der Waals surface area (Å²) in [6.45, 7) is 1.68. The Morgan fingerprint density at radius 1 is 1.02 bits per heavy atom. The van der Waals surface area contributed by atoms with Gasteiger partial charge in [0.2, 0.25) is 5.91 Å². The Bertz CT molecular complexity index is 1470. The van der Waals surface area contributed by atoms with Crippen molar-refractivity contribution in [3.8, 4) is 5.75 Å². The molecule has 10 nitrogen and oxygen atoms in total. The van der Waals surface area contributed by atoms with Gasteiger partial charge in [-0.2, -0.15) is 5.10 Å². The Balaban J connectivity index is 1.40. The molecular weight excluding hydrogens is 565 g/mol. The SMILES string of the molecule is COC(=O)N1CCN(C(=O)C2CN(c3ccc(=O)[nH]n3)CC2c2ccc(OC)cc2F)CCCC1c1ccc(Cl)cc1. The molecular formula is C30H33ClFN5O5. The minimum absolute atomic E-state index is 0.128. The molecule has 2 fully saturated rings. The van der Waals surface area contributed by atoms with Gasteiger partial charge in [-0.15, -0.1) is 0 Å². The first kappa shape index (κ1) is 29.4. The second-order valence-corrected chi connectivity index (χ2v) is 10.9. The highest BCUT2D eigenvalue weighted by atomic mass is 35.5. The molecule has 3 aromatic rings. The van der Waals surface area contributed by atoms with Crippen molar-refractivity contribution in [2.24, 2.45) is 5.92 Å². The average Bonchev–Trinajstić information content (AvgIpc) is 3.42. The van der Waals surface area contributed by atoms with Crippen LogP contribution in [0.4, 0.5) is 15.0 Å². The third-order valence-corrected chi connectivity index (χ3v) is 8.35. The van der Waals surface area contributed by atoms with Gasteiger partial charge in [-0.1, -0.05) is 29.8 Å². The summed E-state index contributed by atoms with van der Waals surface area (Å²) in [6.07, 6.45) is 0.792. The fourth-order valence-corrected chi connectivity index (χ4v) is 6.08. The minimum Gasteiger partial charge on any atom is -0.497 e. The standard InChI is InChI=1S/C30H33ClFN5O5/c1-41-21-9-10-22(25(32)16-21)23-17-36(27-11-12-28(38)34-33-27)18-24(23)29(39)35-13-3-4-26(19-5-7-20(31)8-6-19)37(15-14-35)30(40)42-2/h5-12,16,23-24,26H,3-4,13-15,17-18H2,1-2H3,(H,34,38). The van der Waals surface area contributed by atoms with E-state index in [0.29, 0.717) is 61.2 Å². The van der Waals surface area contributed by atoms with Crippen LogP contribution in [0.2, 0.25) is 5.02 Å². The number of amides is 2. The van der Waals surface area contributed by atoms with Crippen LogP contribution in [0.25, 0.3) is 0 Å². The highest BCUT2D eigenvalue weighted by Crippen LogP contribution is 2.38. The lowest BCUT2D eigenvalue weighted by Crippen LogP contribution is -2.47. The summed E-state index contributed by atoms with van der Waals surface area (Å²) in [5.41, 5.74) is 1.02. The monoisotopic (exact) mass is 597 g/mol. The van der Waals surface area contributed by atoms with Crippen LogP contribution >= 0.6 is 11.6 Å². The third kappa shape index (κ3) is 6.20. The van der Waals surface area contributed by atoms with Crippen molar-refractivity contribution in [1.29, 1.82) is 0 Å². The van der Waals surface area contributed by atoms with Crippen molar-refractivity contribution in [3.63, 3.8) is 0 Å². The molecule has 2 amide bonds. The van der Waals surface area contributed by atoms with Crippen molar-refractivity contribution in [2.75, 3.05) is 51.8 Å². The van der Waals surface area contributed by atoms with Crippen LogP contribution in [0, 0.1) is 11.7 Å². The number of anilines is 1. The lowest BCUT2D eigenvalue weighted by atomic mass is 9.87. The van der Waals surface area contributed by atoms with Crippen molar-refractivity contribution in [3.05, 3.63) is 86.9 Å². The van der Waals surface area contributed by atoms with E-state index in [0.717, 1.165) is 5.56 Å². The maximum absolute atomic E-state index is 15.3. The molecule has 5 rings (SSSR count). The maximum Gasteiger partial charge on any atom is 0.410 e. The number of hydrogen-bond acceptors (Lipinski definition) is 7. The van der Waals surface area contributed by atoms with Crippen molar-refractivity contribution < 1.29 is 23.5 Å². The molecule has 2 aromatic carbocycles. The zero-order chi connectivity index (χ0) is 29.8. The number of methoxy groups -OCH3 is 2. The van der Waals surface area contributed by atoms with Gasteiger partial charge in [-0.05, 0) is 48.2 Å². The fourth-order valence-electron chi connectivity index (χ4n) is 5.95. The molecule has 42 heavy (non-hydrogen) atoms. The Morgan fingerprint density at radius 2 is 1.81 bits per heavy atom. The number of aromatic amines is 1. The lowest BCUT2D eigenvalue weighted by molar-refractivity contribution is -0.136. The highest BCUT2D eigenvalue weighted by molar-refractivity contribution is 6.30. The van der Waals surface area contributed by atoms with Crippen molar-refractivity contribution in [2.45, 2.75) is 24.8 Å². The third-order valence-electron chi connectivity index (χ3n) is 8.10. The molecule has 2 saturated heterocycles. The van der Waals surface area contributed by atoms with Gasteiger partial charge in [-0.25, -0.2) is 14.3 Å². The van der Waals surface area contributed by atoms with Crippen molar-refractivity contribution in [1.82, 2.24) is 20.0 Å². The number of nitrogens with zero attached hydrogens (tertiary/aromatic N) is 4. The van der Waals surface area contributed by atoms with Gasteiger partial charge in [0, 0.05) is 55.8 Å². The van der Waals surface area contributed by atoms with E-state index in [2.05, 4.69) is 10.2 Å². The molecule has 1 N–H and O–H groups in total. The van der Waals surface area contributed by atoms with Crippen LogP contribution in [0.1, 0.15) is 35.9 Å². The molecule has 0 radical (unpaired) electrons. The van der Waals surface area contributed by atoms with Crippen LogP contribution in [0.5, 0.6) is 5.75 Å². The predicted octanol–water partition coefficient (Wildman–Crippen LogP) is 4.22. The Labute approximate surface area is 248 Å². The normalized spacial score (nSPS) is 21.0. The van der Waals surface area contributed by atoms with E-state index in [-0.39, 0.29) is 24.1 Å². The first-order valence-electron chi connectivity index (χ1n) is 13.8. The van der Waals surface area contributed by atoms with Gasteiger partial charge in [-0.3, -0.25) is 14.5 Å². The quantitative estimate of drug-likeness (QED) is 0.469. The summed E-state index contributed by atoms with van der Waals surface area (Å²) >= 11 is 6.09. The summed E-state index contributed by atoms with van der Waals surface area (Å²) in [5, 5.41) is 7.18. The summed E-state index contributed by atoms with van der Waals surface area (Å²) < 4.78 is 25.6.